The Morgan fingerprint density at radius 2 is 1.76 bits per heavy atom. The van der Waals surface area contributed by atoms with E-state index in [1.807, 2.05) is 0 Å². The minimum atomic E-state index is -4.58. The predicted molar refractivity (Wildman–Crippen MR) is 120 cm³/mol. The number of carbonyl (C=O) groups is 1. The predicted octanol–water partition coefficient (Wildman–Crippen LogP) is 3.44. The van der Waals surface area contributed by atoms with E-state index in [4.69, 9.17) is 4.74 Å². The second-order valence-corrected chi connectivity index (χ2v) is 10.1. The Hall–Kier alpha value is -2.63. The number of halogens is 3. The number of carbonyl (C=O) groups excluding carboxylic acids is 1. The lowest BCUT2D eigenvalue weighted by Crippen LogP contribution is -2.50. The van der Waals surface area contributed by atoms with Crippen LogP contribution in [0.4, 0.5) is 18.9 Å². The average Bonchev–Trinajstić information content (AvgIpc) is 3.32. The molecule has 0 spiro atoms. The molecule has 1 N–H and O–H groups in total. The highest BCUT2D eigenvalue weighted by Gasteiger charge is 2.31. The molecule has 34 heavy (non-hydrogen) atoms. The summed E-state index contributed by atoms with van der Waals surface area (Å²) in [6, 6.07) is 9.35. The molecule has 4 rings (SSSR count). The van der Waals surface area contributed by atoms with E-state index in [9.17, 15) is 26.4 Å². The van der Waals surface area contributed by atoms with E-state index in [1.165, 1.54) is 30.3 Å². The first-order valence-corrected chi connectivity index (χ1v) is 12.5. The van der Waals surface area contributed by atoms with Crippen LogP contribution in [-0.2, 0) is 20.9 Å². The molecule has 1 unspecified atom stereocenters. The zero-order valence-electron chi connectivity index (χ0n) is 18.4. The number of amides is 1. The number of nitrogens with zero attached hydrogens (tertiary/aromatic N) is 2. The number of anilines is 1. The quantitative estimate of drug-likeness (QED) is 0.662. The molecule has 2 saturated heterocycles. The summed E-state index contributed by atoms with van der Waals surface area (Å²) in [4.78, 5) is 16.7. The fraction of sp³-hybridized carbons (Fsp3) is 0.435. The topological polar surface area (TPSA) is 79.0 Å². The molecular weight excluding hydrogens is 471 g/mol. The number of benzene rings is 2. The normalized spacial score (nSPS) is 19.9. The van der Waals surface area contributed by atoms with Crippen molar-refractivity contribution in [2.45, 2.75) is 30.0 Å². The lowest BCUT2D eigenvalue weighted by molar-refractivity contribution is -0.137. The van der Waals surface area contributed by atoms with Crippen LogP contribution in [0.5, 0.6) is 0 Å². The second-order valence-electron chi connectivity index (χ2n) is 8.44. The van der Waals surface area contributed by atoms with Gasteiger partial charge in [0.05, 0.1) is 16.6 Å². The van der Waals surface area contributed by atoms with Gasteiger partial charge in [0.15, 0.2) is 0 Å². The zero-order valence-corrected chi connectivity index (χ0v) is 19.2. The summed E-state index contributed by atoms with van der Waals surface area (Å²) in [7, 11) is -4.12. The molecule has 0 aromatic heterocycles. The third-order valence-electron chi connectivity index (χ3n) is 6.00. The highest BCUT2D eigenvalue weighted by molar-refractivity contribution is 7.92. The maximum Gasteiger partial charge on any atom is 0.416 e. The number of rotatable bonds is 6. The van der Waals surface area contributed by atoms with Crippen molar-refractivity contribution in [2.24, 2.45) is 0 Å². The Labute approximate surface area is 196 Å². The number of nitrogens with one attached hydrogen (secondary N) is 1. The van der Waals surface area contributed by atoms with Crippen LogP contribution in [0, 0.1) is 0 Å². The zero-order chi connectivity index (χ0) is 24.3. The molecule has 7 nitrogen and oxygen atoms in total. The molecule has 2 aromatic carbocycles. The fourth-order valence-corrected chi connectivity index (χ4v) is 5.19. The van der Waals surface area contributed by atoms with Crippen molar-refractivity contribution < 1.29 is 31.1 Å². The maximum atomic E-state index is 12.9. The Morgan fingerprint density at radius 1 is 1.06 bits per heavy atom. The van der Waals surface area contributed by atoms with E-state index in [2.05, 4.69) is 9.62 Å². The molecule has 0 aliphatic carbocycles. The Balaban J connectivity index is 1.36. The lowest BCUT2D eigenvalue weighted by Gasteiger charge is -2.35. The first kappa shape index (κ1) is 24.5. The van der Waals surface area contributed by atoms with Crippen molar-refractivity contribution in [3.05, 3.63) is 59.7 Å². The first-order chi connectivity index (χ1) is 16.1. The highest BCUT2D eigenvalue weighted by atomic mass is 32.2. The van der Waals surface area contributed by atoms with Crippen molar-refractivity contribution in [2.75, 3.05) is 44.1 Å². The molecule has 11 heteroatoms. The molecule has 2 aromatic rings. The van der Waals surface area contributed by atoms with Crippen molar-refractivity contribution in [3.63, 3.8) is 0 Å². The molecule has 2 aliphatic heterocycles. The van der Waals surface area contributed by atoms with E-state index >= 15 is 0 Å². The molecule has 1 atom stereocenters. The molecular formula is C23H26F3N3O4S. The van der Waals surface area contributed by atoms with Gasteiger partial charge in [-0.05, 0) is 55.3 Å². The van der Waals surface area contributed by atoms with Gasteiger partial charge < -0.3 is 9.64 Å². The molecule has 0 bridgehead atoms. The van der Waals surface area contributed by atoms with Gasteiger partial charge in [-0.3, -0.25) is 14.4 Å². The smallest absolute Gasteiger partial charge is 0.377 e. The van der Waals surface area contributed by atoms with E-state index < -0.39 is 21.8 Å². The van der Waals surface area contributed by atoms with Gasteiger partial charge in [0.25, 0.3) is 15.9 Å². The van der Waals surface area contributed by atoms with Crippen LogP contribution in [0.15, 0.2) is 53.4 Å². The number of piperazine rings is 1. The van der Waals surface area contributed by atoms with Gasteiger partial charge in [-0.25, -0.2) is 8.42 Å². The van der Waals surface area contributed by atoms with E-state index in [0.717, 1.165) is 57.3 Å². The Kier molecular flexibility index (Phi) is 7.15. The summed E-state index contributed by atoms with van der Waals surface area (Å²) in [5, 5.41) is 0. The molecule has 2 heterocycles. The number of alkyl halides is 3. The van der Waals surface area contributed by atoms with Crippen molar-refractivity contribution >= 4 is 21.6 Å². The van der Waals surface area contributed by atoms with Gasteiger partial charge in [0.2, 0.25) is 0 Å². The monoisotopic (exact) mass is 497 g/mol. The fourth-order valence-electron chi connectivity index (χ4n) is 4.14. The van der Waals surface area contributed by atoms with E-state index in [0.29, 0.717) is 18.7 Å². The Morgan fingerprint density at radius 3 is 2.38 bits per heavy atom. The summed E-state index contributed by atoms with van der Waals surface area (Å²) in [5.41, 5.74) is -0.800. The molecule has 2 aliphatic rings. The third kappa shape index (κ3) is 5.89. The summed E-state index contributed by atoms with van der Waals surface area (Å²) in [5.74, 6) is -0.188. The van der Waals surface area contributed by atoms with Crippen LogP contribution in [-0.4, -0.2) is 69.6 Å². The minimum absolute atomic E-state index is 0.150. The Bertz CT molecular complexity index is 1110. The third-order valence-corrected chi connectivity index (χ3v) is 7.40. The number of sulfonamides is 1. The van der Waals surface area contributed by atoms with Crippen LogP contribution in [0.25, 0.3) is 0 Å². The van der Waals surface area contributed by atoms with Crippen molar-refractivity contribution in [1.29, 1.82) is 0 Å². The first-order valence-electron chi connectivity index (χ1n) is 11.1. The van der Waals surface area contributed by atoms with E-state index in [1.54, 1.807) is 4.90 Å². The number of hydrogen-bond donors (Lipinski definition) is 1. The SMILES string of the molecule is O=C(c1ccc(S(=O)(=O)Nc2cccc(C(F)(F)F)c2)cc1)N1CCN(CC2CCCO2)CC1. The van der Waals surface area contributed by atoms with Crippen molar-refractivity contribution in [1.82, 2.24) is 9.80 Å². The van der Waals surface area contributed by atoms with Gasteiger partial charge in [-0.15, -0.1) is 0 Å². The standard InChI is InChI=1S/C23H26F3N3O4S/c24-23(25,26)18-3-1-4-19(15-18)27-34(31,32)21-8-6-17(7-9-21)22(30)29-12-10-28(11-13-29)16-20-5-2-14-33-20/h1,3-4,6-9,15,20,27H,2,5,10-14,16H2. The van der Waals surface area contributed by atoms with Gasteiger partial charge in [-0.2, -0.15) is 13.2 Å². The van der Waals surface area contributed by atoms with E-state index in [-0.39, 0.29) is 22.6 Å². The minimum Gasteiger partial charge on any atom is -0.377 e. The van der Waals surface area contributed by atoms with Gasteiger partial charge in [0, 0.05) is 50.6 Å². The number of hydrogen-bond acceptors (Lipinski definition) is 5. The summed E-state index contributed by atoms with van der Waals surface area (Å²) in [6.45, 7) is 4.32. The van der Waals surface area contributed by atoms with Gasteiger partial charge in [-0.1, -0.05) is 6.07 Å². The molecule has 0 saturated carbocycles. The summed E-state index contributed by atoms with van der Waals surface area (Å²) >= 11 is 0. The van der Waals surface area contributed by atoms with Gasteiger partial charge in [0.1, 0.15) is 0 Å². The number of ether oxygens (including phenoxy) is 1. The van der Waals surface area contributed by atoms with Crippen LogP contribution in [0.1, 0.15) is 28.8 Å². The largest absolute Gasteiger partial charge is 0.416 e. The summed E-state index contributed by atoms with van der Waals surface area (Å²) < 4.78 is 71.7. The van der Waals surface area contributed by atoms with Crippen LogP contribution in [0.3, 0.4) is 0 Å². The molecule has 184 valence electrons. The van der Waals surface area contributed by atoms with Gasteiger partial charge >= 0.3 is 6.18 Å². The summed E-state index contributed by atoms with van der Waals surface area (Å²) in [6.07, 6.45) is -2.16. The second kappa shape index (κ2) is 9.93. The molecule has 0 radical (unpaired) electrons. The van der Waals surface area contributed by atoms with Crippen LogP contribution in [0.2, 0.25) is 0 Å². The molecule has 2 fully saturated rings. The van der Waals surface area contributed by atoms with Crippen LogP contribution < -0.4 is 4.72 Å². The highest BCUT2D eigenvalue weighted by Crippen LogP contribution is 2.31. The maximum absolute atomic E-state index is 12.9. The van der Waals surface area contributed by atoms with Crippen molar-refractivity contribution in [3.8, 4) is 0 Å². The average molecular weight is 498 g/mol. The van der Waals surface area contributed by atoms with Crippen LogP contribution >= 0.6 is 0 Å². The lowest BCUT2D eigenvalue weighted by atomic mass is 10.1. The molecule has 1 amide bonds.